The Morgan fingerprint density at radius 3 is 2.22 bits per heavy atom. The summed E-state index contributed by atoms with van der Waals surface area (Å²) >= 11 is 0. The van der Waals surface area contributed by atoms with E-state index in [-0.39, 0.29) is 18.4 Å². The van der Waals surface area contributed by atoms with E-state index in [0.29, 0.717) is 17.7 Å². The summed E-state index contributed by atoms with van der Waals surface area (Å²) in [5.74, 6) is 3.01. The van der Waals surface area contributed by atoms with Gasteiger partial charge in [0.15, 0.2) is 0 Å². The smallest absolute Gasteiger partial charge is 0.226 e. The van der Waals surface area contributed by atoms with Crippen LogP contribution in [0.3, 0.4) is 0 Å². The molecule has 2 saturated carbocycles. The van der Waals surface area contributed by atoms with E-state index in [1.54, 1.807) is 0 Å². The van der Waals surface area contributed by atoms with E-state index in [1.807, 2.05) is 0 Å². The molecule has 2 N–H and O–H groups in total. The van der Waals surface area contributed by atoms with Crippen LogP contribution >= 0.6 is 12.4 Å². The number of piperidine rings is 1. The number of nitrogens with zero attached hydrogens (tertiary/aromatic N) is 1. The molecule has 1 heterocycles. The van der Waals surface area contributed by atoms with Crippen LogP contribution in [0.25, 0.3) is 0 Å². The van der Waals surface area contributed by atoms with Crippen molar-refractivity contribution >= 4 is 18.3 Å². The predicted octanol–water partition coefficient (Wildman–Crippen LogP) is 2.04. The monoisotopic (exact) mass is 272 g/mol. The van der Waals surface area contributed by atoms with Crippen molar-refractivity contribution in [3.63, 3.8) is 0 Å². The summed E-state index contributed by atoms with van der Waals surface area (Å²) in [4.78, 5) is 14.5. The predicted molar refractivity (Wildman–Crippen MR) is 74.5 cm³/mol. The number of hydrogen-bond acceptors (Lipinski definition) is 2. The molecular formula is C14H25ClN2O. The molecule has 0 aromatic rings. The number of hydrogen-bond donors (Lipinski definition) is 1. The van der Waals surface area contributed by atoms with Crippen molar-refractivity contribution in [3.05, 3.63) is 0 Å². The quantitative estimate of drug-likeness (QED) is 0.836. The minimum Gasteiger partial charge on any atom is -0.342 e. The van der Waals surface area contributed by atoms with Crippen molar-refractivity contribution in [3.8, 4) is 0 Å². The molecule has 0 aromatic heterocycles. The number of rotatable bonds is 2. The second-order valence-corrected chi connectivity index (χ2v) is 6.31. The summed E-state index contributed by atoms with van der Waals surface area (Å²) in [6.45, 7) is 3.98. The highest BCUT2D eigenvalue weighted by Crippen LogP contribution is 2.58. The van der Waals surface area contributed by atoms with Gasteiger partial charge in [0.05, 0.1) is 0 Å². The van der Waals surface area contributed by atoms with Crippen LogP contribution in [-0.4, -0.2) is 29.9 Å². The number of amides is 1. The number of fused-ring (bicyclic) bond motifs is 1. The van der Waals surface area contributed by atoms with Crippen molar-refractivity contribution in [2.24, 2.45) is 29.4 Å². The highest BCUT2D eigenvalue weighted by Gasteiger charge is 2.57. The van der Waals surface area contributed by atoms with E-state index in [2.05, 4.69) is 11.8 Å². The first-order chi connectivity index (χ1) is 8.18. The molecule has 3 unspecified atom stereocenters. The maximum absolute atomic E-state index is 12.3. The first kappa shape index (κ1) is 14.1. The van der Waals surface area contributed by atoms with E-state index >= 15 is 0 Å². The molecule has 3 atom stereocenters. The van der Waals surface area contributed by atoms with E-state index in [0.717, 1.165) is 37.8 Å². The lowest BCUT2D eigenvalue weighted by molar-refractivity contribution is -0.134. The lowest BCUT2D eigenvalue weighted by Crippen LogP contribution is -2.43. The summed E-state index contributed by atoms with van der Waals surface area (Å²) in [7, 11) is 0. The molecule has 0 radical (unpaired) electrons. The number of likely N-dealkylation sites (tertiary alicyclic amines) is 1. The van der Waals surface area contributed by atoms with Crippen LogP contribution in [0.5, 0.6) is 0 Å². The summed E-state index contributed by atoms with van der Waals surface area (Å²) in [5.41, 5.74) is 5.93. The first-order valence-corrected chi connectivity index (χ1v) is 7.23. The Morgan fingerprint density at radius 1 is 1.17 bits per heavy atom. The fourth-order valence-corrected chi connectivity index (χ4v) is 4.04. The van der Waals surface area contributed by atoms with Crippen LogP contribution in [0.2, 0.25) is 0 Å². The topological polar surface area (TPSA) is 46.3 Å². The molecule has 4 heteroatoms. The van der Waals surface area contributed by atoms with Gasteiger partial charge >= 0.3 is 0 Å². The zero-order chi connectivity index (χ0) is 12.0. The van der Waals surface area contributed by atoms with Gasteiger partial charge in [-0.2, -0.15) is 0 Å². The summed E-state index contributed by atoms with van der Waals surface area (Å²) in [5, 5.41) is 0. The number of carbonyl (C=O) groups excluding carboxylic acids is 1. The van der Waals surface area contributed by atoms with Crippen molar-refractivity contribution in [1.82, 2.24) is 4.90 Å². The summed E-state index contributed by atoms with van der Waals surface area (Å²) in [6.07, 6.45) is 6.16. The van der Waals surface area contributed by atoms with Crippen LogP contribution in [0, 0.1) is 23.7 Å². The molecular weight excluding hydrogens is 248 g/mol. The molecule has 3 nitrogen and oxygen atoms in total. The molecule has 0 spiro atoms. The van der Waals surface area contributed by atoms with Gasteiger partial charge in [-0.15, -0.1) is 12.4 Å². The standard InChI is InChI=1S/C14H24N2O.ClH/c1-9(15)10-5-7-16(8-6-10)14(17)13-11-3-2-4-12(11)13;/h9-13H,2-8,15H2,1H3;1H. The molecule has 3 fully saturated rings. The van der Waals surface area contributed by atoms with Gasteiger partial charge in [-0.3, -0.25) is 4.79 Å². The van der Waals surface area contributed by atoms with E-state index in [9.17, 15) is 4.79 Å². The fraction of sp³-hybridized carbons (Fsp3) is 0.929. The molecule has 1 aliphatic heterocycles. The van der Waals surface area contributed by atoms with Crippen molar-refractivity contribution in [2.45, 2.75) is 45.1 Å². The molecule has 3 rings (SSSR count). The van der Waals surface area contributed by atoms with E-state index in [4.69, 9.17) is 5.73 Å². The molecule has 104 valence electrons. The minimum absolute atomic E-state index is 0. The molecule has 0 bridgehead atoms. The van der Waals surface area contributed by atoms with Gasteiger partial charge in [0, 0.05) is 25.0 Å². The highest BCUT2D eigenvalue weighted by atomic mass is 35.5. The van der Waals surface area contributed by atoms with Crippen LogP contribution < -0.4 is 5.73 Å². The van der Waals surface area contributed by atoms with Crippen LogP contribution in [0.1, 0.15) is 39.0 Å². The Kier molecular flexibility index (Phi) is 4.22. The van der Waals surface area contributed by atoms with Gasteiger partial charge in [0.2, 0.25) is 5.91 Å². The van der Waals surface area contributed by atoms with Crippen molar-refractivity contribution in [2.75, 3.05) is 13.1 Å². The van der Waals surface area contributed by atoms with Crippen LogP contribution in [-0.2, 0) is 4.79 Å². The average Bonchev–Trinajstić information content (AvgIpc) is 2.81. The number of carbonyl (C=O) groups is 1. The molecule has 3 aliphatic rings. The lowest BCUT2D eigenvalue weighted by atomic mass is 9.90. The Hall–Kier alpha value is -0.280. The van der Waals surface area contributed by atoms with Crippen LogP contribution in [0.15, 0.2) is 0 Å². The van der Waals surface area contributed by atoms with Gasteiger partial charge in [-0.25, -0.2) is 0 Å². The largest absolute Gasteiger partial charge is 0.342 e. The van der Waals surface area contributed by atoms with Crippen LogP contribution in [0.4, 0.5) is 0 Å². The van der Waals surface area contributed by atoms with Gasteiger partial charge < -0.3 is 10.6 Å². The average molecular weight is 273 g/mol. The Balaban J connectivity index is 0.00000120. The van der Waals surface area contributed by atoms with Gasteiger partial charge in [-0.05, 0) is 50.4 Å². The first-order valence-electron chi connectivity index (χ1n) is 7.23. The number of halogens is 1. The van der Waals surface area contributed by atoms with Gasteiger partial charge in [0.1, 0.15) is 0 Å². The molecule has 18 heavy (non-hydrogen) atoms. The maximum atomic E-state index is 12.3. The Bertz CT molecular complexity index is 303. The van der Waals surface area contributed by atoms with Crippen molar-refractivity contribution in [1.29, 1.82) is 0 Å². The molecule has 2 aliphatic carbocycles. The van der Waals surface area contributed by atoms with Crippen molar-refractivity contribution < 1.29 is 4.79 Å². The molecule has 1 amide bonds. The molecule has 1 saturated heterocycles. The van der Waals surface area contributed by atoms with Gasteiger partial charge in [0.25, 0.3) is 0 Å². The Morgan fingerprint density at radius 2 is 1.72 bits per heavy atom. The zero-order valence-corrected chi connectivity index (χ0v) is 12.0. The highest BCUT2D eigenvalue weighted by molar-refractivity contribution is 5.85. The second-order valence-electron chi connectivity index (χ2n) is 6.31. The Labute approximate surface area is 116 Å². The molecule has 0 aromatic carbocycles. The second kappa shape index (κ2) is 5.38. The third-order valence-corrected chi connectivity index (χ3v) is 5.29. The van der Waals surface area contributed by atoms with E-state index < -0.39 is 0 Å². The zero-order valence-electron chi connectivity index (χ0n) is 11.2. The maximum Gasteiger partial charge on any atom is 0.226 e. The SMILES string of the molecule is CC(N)C1CCN(C(=O)C2C3CCCC32)CC1.Cl. The summed E-state index contributed by atoms with van der Waals surface area (Å²) < 4.78 is 0. The van der Waals surface area contributed by atoms with E-state index in [1.165, 1.54) is 19.3 Å². The minimum atomic E-state index is 0. The number of nitrogens with two attached hydrogens (primary N) is 1. The fourth-order valence-electron chi connectivity index (χ4n) is 4.04. The van der Waals surface area contributed by atoms with Gasteiger partial charge in [-0.1, -0.05) is 6.42 Å². The lowest BCUT2D eigenvalue weighted by Gasteiger charge is -2.34. The summed E-state index contributed by atoms with van der Waals surface area (Å²) in [6, 6.07) is 0.285. The normalized spacial score (nSPS) is 36.8. The third-order valence-electron chi connectivity index (χ3n) is 5.29. The third kappa shape index (κ3) is 2.39.